The number of carbonyl (C=O) groups is 2. The molecule has 1 saturated heterocycles. The van der Waals surface area contributed by atoms with Crippen LogP contribution in [0.1, 0.15) is 19.3 Å². The Labute approximate surface area is 110 Å². The number of carbonyl (C=O) groups excluding carboxylic acids is 2. The van der Waals surface area contributed by atoms with E-state index < -0.39 is 34.0 Å². The van der Waals surface area contributed by atoms with E-state index in [4.69, 9.17) is 14.0 Å². The summed E-state index contributed by atoms with van der Waals surface area (Å²) in [7, 11) is -4.17. The van der Waals surface area contributed by atoms with Gasteiger partial charge < -0.3 is 9.47 Å². The highest BCUT2D eigenvalue weighted by Gasteiger charge is 2.69. The molecule has 4 atom stereocenters. The molecule has 0 radical (unpaired) electrons. The molecule has 7 nitrogen and oxygen atoms in total. The molecule has 0 aromatic carbocycles. The SMILES string of the molecule is O=C1OC2(C(=O)OCCS(=O)(=O)O)CC3CC1C2C3. The summed E-state index contributed by atoms with van der Waals surface area (Å²) in [6.45, 7) is -0.432. The molecule has 0 spiro atoms. The first-order valence-electron chi connectivity index (χ1n) is 6.17. The van der Waals surface area contributed by atoms with E-state index in [-0.39, 0.29) is 17.8 Å². The van der Waals surface area contributed by atoms with Gasteiger partial charge in [0.15, 0.2) is 0 Å². The molecule has 4 unspecified atom stereocenters. The topological polar surface area (TPSA) is 107 Å². The second-order valence-corrected chi connectivity index (χ2v) is 7.06. The van der Waals surface area contributed by atoms with Crippen molar-refractivity contribution in [1.82, 2.24) is 0 Å². The van der Waals surface area contributed by atoms with Crippen LogP contribution < -0.4 is 0 Å². The van der Waals surface area contributed by atoms with Crippen molar-refractivity contribution in [2.45, 2.75) is 24.9 Å². The van der Waals surface area contributed by atoms with Crippen molar-refractivity contribution >= 4 is 22.1 Å². The van der Waals surface area contributed by atoms with Crippen molar-refractivity contribution in [1.29, 1.82) is 0 Å². The van der Waals surface area contributed by atoms with Crippen LogP contribution in [0.4, 0.5) is 0 Å². The zero-order chi connectivity index (χ0) is 13.8. The van der Waals surface area contributed by atoms with Gasteiger partial charge in [-0.2, -0.15) is 8.42 Å². The van der Waals surface area contributed by atoms with Crippen molar-refractivity contribution in [3.05, 3.63) is 0 Å². The van der Waals surface area contributed by atoms with E-state index in [1.54, 1.807) is 0 Å². The van der Waals surface area contributed by atoms with Crippen molar-refractivity contribution < 1.29 is 32.0 Å². The smallest absolute Gasteiger partial charge is 0.350 e. The first kappa shape index (κ1) is 12.9. The van der Waals surface area contributed by atoms with Crippen LogP contribution in [-0.2, 0) is 29.2 Å². The average molecular weight is 290 g/mol. The predicted octanol–water partition coefficient (Wildman–Crippen LogP) is -0.241. The number of rotatable bonds is 4. The minimum absolute atomic E-state index is 0.136. The van der Waals surface area contributed by atoms with Gasteiger partial charge in [0.2, 0.25) is 5.60 Å². The Hall–Kier alpha value is -1.15. The zero-order valence-electron chi connectivity index (χ0n) is 10.1. The van der Waals surface area contributed by atoms with Crippen LogP contribution in [0.2, 0.25) is 0 Å². The van der Waals surface area contributed by atoms with Crippen LogP contribution in [0.3, 0.4) is 0 Å². The average Bonchev–Trinajstić information content (AvgIpc) is 2.86. The van der Waals surface area contributed by atoms with Gasteiger partial charge >= 0.3 is 11.9 Å². The predicted molar refractivity (Wildman–Crippen MR) is 60.5 cm³/mol. The molecular formula is C11H14O7S. The molecule has 0 aromatic heterocycles. The molecule has 8 heteroatoms. The van der Waals surface area contributed by atoms with Crippen molar-refractivity contribution in [2.24, 2.45) is 17.8 Å². The molecule has 1 N–H and O–H groups in total. The van der Waals surface area contributed by atoms with Crippen molar-refractivity contribution in [3.8, 4) is 0 Å². The molecule has 19 heavy (non-hydrogen) atoms. The van der Waals surface area contributed by atoms with Crippen LogP contribution in [0.5, 0.6) is 0 Å². The highest BCUT2D eigenvalue weighted by Crippen LogP contribution is 2.60. The fourth-order valence-electron chi connectivity index (χ4n) is 3.68. The Kier molecular flexibility index (Phi) is 2.66. The van der Waals surface area contributed by atoms with Gasteiger partial charge in [0.1, 0.15) is 12.4 Å². The maximum atomic E-state index is 12.1. The summed E-state index contributed by atoms with van der Waals surface area (Å²) in [5, 5.41) is 0. The molecule has 106 valence electrons. The Morgan fingerprint density at radius 3 is 2.84 bits per heavy atom. The molecule has 3 aliphatic rings. The quantitative estimate of drug-likeness (QED) is 0.562. The van der Waals surface area contributed by atoms with Gasteiger partial charge in [0.05, 0.1) is 5.92 Å². The first-order chi connectivity index (χ1) is 8.82. The lowest BCUT2D eigenvalue weighted by Crippen LogP contribution is -2.44. The largest absolute Gasteiger partial charge is 0.462 e. The number of hydrogen-bond acceptors (Lipinski definition) is 6. The van der Waals surface area contributed by atoms with Crippen LogP contribution in [0, 0.1) is 17.8 Å². The molecule has 2 saturated carbocycles. The van der Waals surface area contributed by atoms with Crippen LogP contribution >= 0.6 is 0 Å². The summed E-state index contributed by atoms with van der Waals surface area (Å²) in [5.74, 6) is -1.73. The minimum atomic E-state index is -4.17. The summed E-state index contributed by atoms with van der Waals surface area (Å²) in [6, 6.07) is 0. The van der Waals surface area contributed by atoms with Gasteiger partial charge in [0, 0.05) is 12.3 Å². The number of ether oxygens (including phenoxy) is 2. The number of fused-ring (bicyclic) bond motifs is 1. The van der Waals surface area contributed by atoms with Gasteiger partial charge in [-0.3, -0.25) is 9.35 Å². The monoisotopic (exact) mass is 290 g/mol. The van der Waals surface area contributed by atoms with Crippen LogP contribution in [0.25, 0.3) is 0 Å². The fourth-order valence-corrected chi connectivity index (χ4v) is 3.97. The number of hydrogen-bond donors (Lipinski definition) is 1. The highest BCUT2D eigenvalue weighted by atomic mass is 32.2. The molecule has 0 amide bonds. The molecule has 3 fully saturated rings. The van der Waals surface area contributed by atoms with Gasteiger partial charge in [-0.05, 0) is 18.8 Å². The molecular weight excluding hydrogens is 276 g/mol. The summed E-state index contributed by atoms with van der Waals surface area (Å²) in [5.41, 5.74) is -1.20. The molecule has 2 aliphatic carbocycles. The van der Waals surface area contributed by atoms with Crippen molar-refractivity contribution in [3.63, 3.8) is 0 Å². The van der Waals surface area contributed by atoms with E-state index in [9.17, 15) is 18.0 Å². The third kappa shape index (κ3) is 1.93. The molecule has 3 rings (SSSR count). The fraction of sp³-hybridized carbons (Fsp3) is 0.818. The van der Waals surface area contributed by atoms with E-state index in [0.29, 0.717) is 12.3 Å². The van der Waals surface area contributed by atoms with E-state index in [2.05, 4.69) is 0 Å². The normalized spacial score (nSPS) is 39.4. The van der Waals surface area contributed by atoms with Gasteiger partial charge in [-0.15, -0.1) is 0 Å². The lowest BCUT2D eigenvalue weighted by atomic mass is 9.80. The molecule has 1 heterocycles. The third-order valence-corrected chi connectivity index (χ3v) is 5.04. The summed E-state index contributed by atoms with van der Waals surface area (Å²) >= 11 is 0. The third-order valence-electron chi connectivity index (χ3n) is 4.36. The minimum Gasteiger partial charge on any atom is -0.462 e. The van der Waals surface area contributed by atoms with Gasteiger partial charge in [0.25, 0.3) is 10.1 Å². The van der Waals surface area contributed by atoms with E-state index >= 15 is 0 Å². The molecule has 0 aromatic rings. The summed E-state index contributed by atoms with van der Waals surface area (Å²) in [4.78, 5) is 23.7. The standard InChI is InChI=1S/C11H14O7S/c12-9-7-3-6-4-8(7)11(5-6,18-9)10(13)17-1-2-19(14,15)16/h6-8H,1-5H2,(H,14,15,16). The summed E-state index contributed by atoms with van der Waals surface area (Å²) < 4.78 is 39.8. The second kappa shape index (κ2) is 3.92. The van der Waals surface area contributed by atoms with Crippen LogP contribution in [0.15, 0.2) is 0 Å². The van der Waals surface area contributed by atoms with E-state index in [1.807, 2.05) is 0 Å². The maximum Gasteiger partial charge on any atom is 0.350 e. The number of esters is 2. The van der Waals surface area contributed by atoms with E-state index in [1.165, 1.54) is 0 Å². The highest BCUT2D eigenvalue weighted by molar-refractivity contribution is 7.85. The Bertz CT molecular complexity index is 539. The lowest BCUT2D eigenvalue weighted by Gasteiger charge is -2.27. The van der Waals surface area contributed by atoms with Crippen LogP contribution in [-0.4, -0.2) is 42.9 Å². The molecule has 2 bridgehead atoms. The Balaban J connectivity index is 1.69. The van der Waals surface area contributed by atoms with Crippen molar-refractivity contribution in [2.75, 3.05) is 12.4 Å². The zero-order valence-corrected chi connectivity index (χ0v) is 10.9. The Morgan fingerprint density at radius 1 is 1.47 bits per heavy atom. The van der Waals surface area contributed by atoms with Gasteiger partial charge in [-0.25, -0.2) is 4.79 Å². The molecule has 1 aliphatic heterocycles. The van der Waals surface area contributed by atoms with Gasteiger partial charge in [-0.1, -0.05) is 0 Å². The lowest BCUT2D eigenvalue weighted by molar-refractivity contribution is -0.175. The first-order valence-corrected chi connectivity index (χ1v) is 7.78. The second-order valence-electron chi connectivity index (χ2n) is 5.49. The summed E-state index contributed by atoms with van der Waals surface area (Å²) in [6.07, 6.45) is 2.01. The van der Waals surface area contributed by atoms with E-state index in [0.717, 1.165) is 12.8 Å². The Morgan fingerprint density at radius 2 is 2.21 bits per heavy atom. The maximum absolute atomic E-state index is 12.1.